The normalized spacial score (nSPS) is 15.1. The molecule has 6 nitrogen and oxygen atoms in total. The fourth-order valence-corrected chi connectivity index (χ4v) is 0.740. The number of nitrogens with one attached hydrogen (secondary N) is 1. The maximum Gasteiger partial charge on any atom is 0.245 e. The van der Waals surface area contributed by atoms with Crippen LogP contribution in [0, 0.1) is 0 Å². The number of methoxy groups -OCH3 is 1. The van der Waals surface area contributed by atoms with Gasteiger partial charge in [0.25, 0.3) is 0 Å². The fourth-order valence-electron chi connectivity index (χ4n) is 0.740. The van der Waals surface area contributed by atoms with Gasteiger partial charge in [-0.2, -0.15) is 0 Å². The highest BCUT2D eigenvalue weighted by Crippen LogP contribution is 2.01. The van der Waals surface area contributed by atoms with Gasteiger partial charge in [0, 0.05) is 7.11 Å². The van der Waals surface area contributed by atoms with Crippen molar-refractivity contribution in [3.05, 3.63) is 0 Å². The first-order chi connectivity index (χ1) is 6.08. The molecule has 6 heteroatoms. The number of ether oxygens (including phenoxy) is 1. The Kier molecular flexibility index (Phi) is 5.56. The van der Waals surface area contributed by atoms with Crippen LogP contribution in [-0.2, 0) is 9.53 Å². The van der Waals surface area contributed by atoms with Crippen LogP contribution in [0.15, 0.2) is 0 Å². The van der Waals surface area contributed by atoms with Gasteiger partial charge in [-0.3, -0.25) is 4.79 Å². The van der Waals surface area contributed by atoms with Crippen molar-refractivity contribution in [1.29, 1.82) is 0 Å². The fraction of sp³-hybridized carbons (Fsp3) is 0.857. The van der Waals surface area contributed by atoms with Crippen LogP contribution in [0.25, 0.3) is 0 Å². The van der Waals surface area contributed by atoms with Gasteiger partial charge >= 0.3 is 0 Å². The zero-order valence-electron chi connectivity index (χ0n) is 7.49. The molecule has 0 saturated heterocycles. The van der Waals surface area contributed by atoms with E-state index in [0.717, 1.165) is 0 Å². The number of carbonyl (C=O) groups is 1. The molecule has 0 spiro atoms. The zero-order chi connectivity index (χ0) is 10.3. The van der Waals surface area contributed by atoms with Crippen molar-refractivity contribution in [1.82, 2.24) is 5.32 Å². The summed E-state index contributed by atoms with van der Waals surface area (Å²) in [7, 11) is 1.37. The average molecular weight is 193 g/mol. The van der Waals surface area contributed by atoms with E-state index in [-0.39, 0.29) is 13.2 Å². The topological polar surface area (TPSA) is 99.0 Å². The number of hydrogen-bond acceptors (Lipinski definition) is 5. The number of carbonyl (C=O) groups excluding carboxylic acids is 1. The summed E-state index contributed by atoms with van der Waals surface area (Å²) in [4.78, 5) is 10.6. The molecular weight excluding hydrogens is 178 g/mol. The van der Waals surface area contributed by atoms with E-state index in [2.05, 4.69) is 10.1 Å². The van der Waals surface area contributed by atoms with Crippen molar-refractivity contribution >= 4 is 5.91 Å². The lowest BCUT2D eigenvalue weighted by Gasteiger charge is -2.24. The maximum atomic E-state index is 10.6. The van der Waals surface area contributed by atoms with Crippen molar-refractivity contribution in [2.75, 3.05) is 33.5 Å². The minimum absolute atomic E-state index is 0.0881. The summed E-state index contributed by atoms with van der Waals surface area (Å²) in [5.41, 5.74) is -1.49. The number of rotatable bonds is 6. The molecule has 0 aromatic carbocycles. The number of amides is 1. The molecule has 4 N–H and O–H groups in total. The molecule has 78 valence electrons. The Morgan fingerprint density at radius 3 is 2.54 bits per heavy atom. The predicted octanol–water partition coefficient (Wildman–Crippen LogP) is -2.54. The van der Waals surface area contributed by atoms with Crippen molar-refractivity contribution in [2.45, 2.75) is 5.60 Å². The van der Waals surface area contributed by atoms with E-state index < -0.39 is 24.7 Å². The molecule has 1 amide bonds. The lowest BCUT2D eigenvalue weighted by atomic mass is 10.1. The largest absolute Gasteiger partial charge is 0.393 e. The molecule has 0 fully saturated rings. The molecule has 1 unspecified atom stereocenters. The Balaban J connectivity index is 3.89. The van der Waals surface area contributed by atoms with Gasteiger partial charge < -0.3 is 25.4 Å². The van der Waals surface area contributed by atoms with Crippen LogP contribution >= 0.6 is 0 Å². The van der Waals surface area contributed by atoms with Crippen LogP contribution in [0.4, 0.5) is 0 Å². The first kappa shape index (κ1) is 12.3. The molecule has 13 heavy (non-hydrogen) atoms. The SMILES string of the molecule is COCC(O)(CO)CNC(=O)CO. The van der Waals surface area contributed by atoms with E-state index in [0.29, 0.717) is 0 Å². The van der Waals surface area contributed by atoms with Gasteiger partial charge in [-0.1, -0.05) is 0 Å². The smallest absolute Gasteiger partial charge is 0.245 e. The van der Waals surface area contributed by atoms with Crippen LogP contribution in [0.5, 0.6) is 0 Å². The van der Waals surface area contributed by atoms with E-state index in [4.69, 9.17) is 10.2 Å². The number of aliphatic hydroxyl groups is 3. The van der Waals surface area contributed by atoms with Crippen molar-refractivity contribution in [3.8, 4) is 0 Å². The van der Waals surface area contributed by atoms with Crippen molar-refractivity contribution in [2.24, 2.45) is 0 Å². The second kappa shape index (κ2) is 5.87. The molecule has 0 aliphatic carbocycles. The third-order valence-electron chi connectivity index (χ3n) is 1.47. The van der Waals surface area contributed by atoms with Crippen LogP contribution < -0.4 is 5.32 Å². The van der Waals surface area contributed by atoms with Gasteiger partial charge in [-0.15, -0.1) is 0 Å². The van der Waals surface area contributed by atoms with Crippen molar-refractivity contribution < 1.29 is 24.9 Å². The first-order valence-electron chi connectivity index (χ1n) is 3.77. The molecule has 0 aliphatic rings. The maximum absolute atomic E-state index is 10.6. The molecule has 0 aromatic heterocycles. The first-order valence-corrected chi connectivity index (χ1v) is 3.77. The predicted molar refractivity (Wildman–Crippen MR) is 44.0 cm³/mol. The third kappa shape index (κ3) is 4.79. The highest BCUT2D eigenvalue weighted by molar-refractivity contribution is 5.76. The molecule has 0 radical (unpaired) electrons. The van der Waals surface area contributed by atoms with Crippen LogP contribution in [0.1, 0.15) is 0 Å². The summed E-state index contributed by atoms with van der Waals surface area (Å²) in [6, 6.07) is 0. The van der Waals surface area contributed by atoms with Gasteiger partial charge in [0.15, 0.2) is 0 Å². The third-order valence-corrected chi connectivity index (χ3v) is 1.47. The summed E-state index contributed by atoms with van der Waals surface area (Å²) in [5, 5.41) is 28.8. The quantitative estimate of drug-likeness (QED) is 0.372. The van der Waals surface area contributed by atoms with E-state index in [9.17, 15) is 9.90 Å². The number of hydrogen-bond donors (Lipinski definition) is 4. The molecule has 0 aromatic rings. The Morgan fingerprint density at radius 2 is 2.15 bits per heavy atom. The molecular formula is C7H15NO5. The Hall–Kier alpha value is -0.690. The summed E-state index contributed by atoms with van der Waals surface area (Å²) < 4.78 is 4.64. The standard InChI is InChI=1S/C7H15NO5/c1-13-5-7(12,4-10)3-8-6(11)2-9/h9-10,12H,2-5H2,1H3,(H,8,11). The summed E-state index contributed by atoms with van der Waals surface area (Å²) in [6.45, 7) is -1.41. The highest BCUT2D eigenvalue weighted by atomic mass is 16.5. The van der Waals surface area contributed by atoms with Crippen LogP contribution in [-0.4, -0.2) is 60.3 Å². The molecule has 0 aliphatic heterocycles. The van der Waals surface area contributed by atoms with Gasteiger partial charge in [0.05, 0.1) is 19.8 Å². The van der Waals surface area contributed by atoms with Crippen molar-refractivity contribution in [3.63, 3.8) is 0 Å². The van der Waals surface area contributed by atoms with Gasteiger partial charge in [0.2, 0.25) is 5.91 Å². The molecule has 0 heterocycles. The highest BCUT2D eigenvalue weighted by Gasteiger charge is 2.26. The van der Waals surface area contributed by atoms with E-state index in [1.54, 1.807) is 0 Å². The van der Waals surface area contributed by atoms with E-state index >= 15 is 0 Å². The van der Waals surface area contributed by atoms with Crippen LogP contribution in [0.2, 0.25) is 0 Å². The summed E-state index contributed by atoms with van der Waals surface area (Å²) in [5.74, 6) is -0.608. The second-order valence-electron chi connectivity index (χ2n) is 2.75. The lowest BCUT2D eigenvalue weighted by molar-refractivity contribution is -0.126. The van der Waals surface area contributed by atoms with E-state index in [1.807, 2.05) is 0 Å². The number of aliphatic hydroxyl groups excluding tert-OH is 2. The monoisotopic (exact) mass is 193 g/mol. The lowest BCUT2D eigenvalue weighted by Crippen LogP contribution is -2.49. The van der Waals surface area contributed by atoms with Gasteiger partial charge in [-0.05, 0) is 0 Å². The summed E-state index contributed by atoms with van der Waals surface area (Å²) >= 11 is 0. The minimum atomic E-state index is -1.49. The van der Waals surface area contributed by atoms with E-state index in [1.165, 1.54) is 7.11 Å². The minimum Gasteiger partial charge on any atom is -0.393 e. The Labute approximate surface area is 76.1 Å². The Morgan fingerprint density at radius 1 is 1.54 bits per heavy atom. The second-order valence-corrected chi connectivity index (χ2v) is 2.75. The molecule has 1 atom stereocenters. The molecule has 0 rings (SSSR count). The zero-order valence-corrected chi connectivity index (χ0v) is 7.49. The molecule has 0 saturated carbocycles. The van der Waals surface area contributed by atoms with Gasteiger partial charge in [0.1, 0.15) is 12.2 Å². The van der Waals surface area contributed by atoms with Crippen LogP contribution in [0.3, 0.4) is 0 Å². The Bertz CT molecular complexity index is 163. The molecule has 0 bridgehead atoms. The van der Waals surface area contributed by atoms with Gasteiger partial charge in [-0.25, -0.2) is 0 Å². The summed E-state index contributed by atoms with van der Waals surface area (Å²) in [6.07, 6.45) is 0. The average Bonchev–Trinajstić information content (AvgIpc) is 2.15.